The van der Waals surface area contributed by atoms with E-state index in [1.807, 2.05) is 0 Å². The number of hydrogen-bond acceptors (Lipinski definition) is 4. The number of nitrogens with one attached hydrogen (secondary N) is 4. The standard InChI is InChI=1S/C19H27FN4O2/c20-16-9-5-4-8-14(16)18-15(12-22-24-18)19(26)21-11-10-17(25)23-13-6-2-1-3-7-13/h4-5,8-9,13,15,18,22,24H,1-3,6-7,10-12H2,(H,21,26)(H,23,25). The lowest BCUT2D eigenvalue weighted by Crippen LogP contribution is -2.40. The van der Waals surface area contributed by atoms with E-state index in [0.29, 0.717) is 12.1 Å². The van der Waals surface area contributed by atoms with E-state index < -0.39 is 12.0 Å². The first-order chi connectivity index (χ1) is 12.6. The van der Waals surface area contributed by atoms with Crippen molar-refractivity contribution in [1.29, 1.82) is 0 Å². The molecule has 142 valence electrons. The third-order valence-electron chi connectivity index (χ3n) is 5.18. The van der Waals surface area contributed by atoms with Gasteiger partial charge in [0.25, 0.3) is 0 Å². The summed E-state index contributed by atoms with van der Waals surface area (Å²) < 4.78 is 14.0. The van der Waals surface area contributed by atoms with Crippen LogP contribution < -0.4 is 21.5 Å². The molecule has 1 aromatic rings. The Bertz CT molecular complexity index is 634. The van der Waals surface area contributed by atoms with Crippen LogP contribution in [-0.2, 0) is 9.59 Å². The van der Waals surface area contributed by atoms with Gasteiger partial charge in [-0.1, -0.05) is 37.5 Å². The summed E-state index contributed by atoms with van der Waals surface area (Å²) in [5, 5.41) is 5.85. The van der Waals surface area contributed by atoms with E-state index in [-0.39, 0.29) is 36.6 Å². The topological polar surface area (TPSA) is 82.3 Å². The van der Waals surface area contributed by atoms with E-state index >= 15 is 0 Å². The number of amides is 2. The average Bonchev–Trinajstić information content (AvgIpc) is 3.12. The predicted octanol–water partition coefficient (Wildman–Crippen LogP) is 1.55. The molecule has 2 fully saturated rings. The summed E-state index contributed by atoms with van der Waals surface area (Å²) in [6.07, 6.45) is 5.93. The summed E-state index contributed by atoms with van der Waals surface area (Å²) >= 11 is 0. The Morgan fingerprint density at radius 1 is 1.15 bits per heavy atom. The molecule has 1 aromatic carbocycles. The van der Waals surface area contributed by atoms with Crippen LogP contribution in [0.25, 0.3) is 0 Å². The first-order valence-corrected chi connectivity index (χ1v) is 9.45. The molecule has 0 bridgehead atoms. The molecule has 4 N–H and O–H groups in total. The second kappa shape index (κ2) is 9.09. The van der Waals surface area contributed by atoms with Crippen LogP contribution in [0.3, 0.4) is 0 Å². The van der Waals surface area contributed by atoms with Crippen LogP contribution in [0.5, 0.6) is 0 Å². The van der Waals surface area contributed by atoms with Crippen LogP contribution >= 0.6 is 0 Å². The third-order valence-corrected chi connectivity index (χ3v) is 5.18. The maximum Gasteiger partial charge on any atom is 0.226 e. The zero-order valence-electron chi connectivity index (χ0n) is 14.9. The summed E-state index contributed by atoms with van der Waals surface area (Å²) in [6.45, 7) is 0.705. The molecule has 2 aliphatic rings. The Kier molecular flexibility index (Phi) is 6.57. The van der Waals surface area contributed by atoms with Gasteiger partial charge in [-0.2, -0.15) is 0 Å². The number of halogens is 1. The first kappa shape index (κ1) is 18.8. The highest BCUT2D eigenvalue weighted by molar-refractivity contribution is 5.81. The van der Waals surface area contributed by atoms with Gasteiger partial charge in [0.2, 0.25) is 11.8 Å². The molecule has 1 aliphatic heterocycles. The molecule has 1 aliphatic carbocycles. The van der Waals surface area contributed by atoms with Gasteiger partial charge in [-0.3, -0.25) is 15.0 Å². The molecule has 2 unspecified atom stereocenters. The lowest BCUT2D eigenvalue weighted by molar-refractivity contribution is -0.125. The van der Waals surface area contributed by atoms with E-state index in [4.69, 9.17) is 0 Å². The Hall–Kier alpha value is -1.99. The van der Waals surface area contributed by atoms with Gasteiger partial charge in [0, 0.05) is 31.1 Å². The van der Waals surface area contributed by atoms with Gasteiger partial charge in [-0.15, -0.1) is 0 Å². The zero-order valence-corrected chi connectivity index (χ0v) is 14.9. The average molecular weight is 362 g/mol. The number of carbonyl (C=O) groups excluding carboxylic acids is 2. The largest absolute Gasteiger partial charge is 0.355 e. The van der Waals surface area contributed by atoms with Gasteiger partial charge in [0.1, 0.15) is 5.82 Å². The smallest absolute Gasteiger partial charge is 0.226 e. The van der Waals surface area contributed by atoms with Crippen molar-refractivity contribution in [3.63, 3.8) is 0 Å². The van der Waals surface area contributed by atoms with Gasteiger partial charge in [-0.25, -0.2) is 9.82 Å². The molecule has 0 spiro atoms. The molecule has 1 heterocycles. The Morgan fingerprint density at radius 3 is 2.69 bits per heavy atom. The third kappa shape index (κ3) is 4.80. The van der Waals surface area contributed by atoms with Crippen molar-refractivity contribution in [1.82, 2.24) is 21.5 Å². The molecule has 3 rings (SSSR count). The lowest BCUT2D eigenvalue weighted by Gasteiger charge is -2.23. The molecule has 7 heteroatoms. The van der Waals surface area contributed by atoms with Gasteiger partial charge in [0.15, 0.2) is 0 Å². The minimum absolute atomic E-state index is 0.0227. The molecule has 2 atom stereocenters. The van der Waals surface area contributed by atoms with Gasteiger partial charge >= 0.3 is 0 Å². The Balaban J connectivity index is 1.45. The van der Waals surface area contributed by atoms with Gasteiger partial charge in [0.05, 0.1) is 12.0 Å². The molecule has 0 radical (unpaired) electrons. The molecule has 6 nitrogen and oxygen atoms in total. The van der Waals surface area contributed by atoms with Crippen molar-refractivity contribution in [3.8, 4) is 0 Å². The predicted molar refractivity (Wildman–Crippen MR) is 96.4 cm³/mol. The maximum absolute atomic E-state index is 14.0. The normalized spacial score (nSPS) is 23.6. The fraction of sp³-hybridized carbons (Fsp3) is 0.579. The number of rotatable bonds is 6. The lowest BCUT2D eigenvalue weighted by atomic mass is 9.93. The van der Waals surface area contributed by atoms with Crippen LogP contribution in [0, 0.1) is 11.7 Å². The number of carbonyl (C=O) groups is 2. The minimum atomic E-state index is -0.424. The fourth-order valence-electron chi connectivity index (χ4n) is 3.74. The summed E-state index contributed by atoms with van der Waals surface area (Å²) in [6, 6.07) is 6.30. The molecule has 2 amide bonds. The molecule has 1 saturated carbocycles. The van der Waals surface area contributed by atoms with Crippen LogP contribution in [0.15, 0.2) is 24.3 Å². The molecule has 26 heavy (non-hydrogen) atoms. The molecular formula is C19H27FN4O2. The molecule has 0 aromatic heterocycles. The van der Waals surface area contributed by atoms with Crippen molar-refractivity contribution in [3.05, 3.63) is 35.6 Å². The second-order valence-corrected chi connectivity index (χ2v) is 7.07. The quantitative estimate of drug-likeness (QED) is 0.619. The highest BCUT2D eigenvalue weighted by atomic mass is 19.1. The first-order valence-electron chi connectivity index (χ1n) is 9.45. The van der Waals surface area contributed by atoms with Crippen LogP contribution in [0.4, 0.5) is 4.39 Å². The highest BCUT2D eigenvalue weighted by Gasteiger charge is 2.35. The van der Waals surface area contributed by atoms with E-state index in [2.05, 4.69) is 21.5 Å². The van der Waals surface area contributed by atoms with Crippen LogP contribution in [-0.4, -0.2) is 30.9 Å². The van der Waals surface area contributed by atoms with Gasteiger partial charge < -0.3 is 10.6 Å². The van der Waals surface area contributed by atoms with Crippen LogP contribution in [0.1, 0.15) is 50.1 Å². The number of benzene rings is 1. The van der Waals surface area contributed by atoms with Crippen molar-refractivity contribution in [2.45, 2.75) is 50.6 Å². The fourth-order valence-corrected chi connectivity index (χ4v) is 3.74. The van der Waals surface area contributed by atoms with Crippen molar-refractivity contribution < 1.29 is 14.0 Å². The SMILES string of the molecule is O=C(CCNC(=O)C1CNNC1c1ccccc1F)NC1CCCCC1. The summed E-state index contributed by atoms with van der Waals surface area (Å²) in [7, 11) is 0. The van der Waals surface area contributed by atoms with Crippen molar-refractivity contribution >= 4 is 11.8 Å². The summed E-state index contributed by atoms with van der Waals surface area (Å²) in [5.74, 6) is -0.960. The van der Waals surface area contributed by atoms with Crippen molar-refractivity contribution in [2.75, 3.05) is 13.1 Å². The van der Waals surface area contributed by atoms with E-state index in [9.17, 15) is 14.0 Å². The maximum atomic E-state index is 14.0. The zero-order chi connectivity index (χ0) is 18.4. The van der Waals surface area contributed by atoms with Crippen LogP contribution in [0.2, 0.25) is 0 Å². The summed E-state index contributed by atoms with van der Waals surface area (Å²) in [5.41, 5.74) is 6.36. The number of hydrogen-bond donors (Lipinski definition) is 4. The highest BCUT2D eigenvalue weighted by Crippen LogP contribution is 2.27. The van der Waals surface area contributed by atoms with E-state index in [0.717, 1.165) is 12.8 Å². The van der Waals surface area contributed by atoms with Crippen molar-refractivity contribution in [2.24, 2.45) is 5.92 Å². The van der Waals surface area contributed by atoms with E-state index in [1.54, 1.807) is 18.2 Å². The second-order valence-electron chi connectivity index (χ2n) is 7.07. The molecular weight excluding hydrogens is 335 g/mol. The molecule has 1 saturated heterocycles. The van der Waals surface area contributed by atoms with Gasteiger partial charge in [-0.05, 0) is 18.9 Å². The number of hydrazine groups is 1. The Morgan fingerprint density at radius 2 is 1.92 bits per heavy atom. The summed E-state index contributed by atoms with van der Waals surface area (Å²) in [4.78, 5) is 24.5. The minimum Gasteiger partial charge on any atom is -0.355 e. The Labute approximate surface area is 153 Å². The van der Waals surface area contributed by atoms with E-state index in [1.165, 1.54) is 25.3 Å². The monoisotopic (exact) mass is 362 g/mol.